The van der Waals surface area contributed by atoms with Gasteiger partial charge in [-0.25, -0.2) is 0 Å². The molecule has 0 unspecified atom stereocenters. The third-order valence-corrected chi connectivity index (χ3v) is 0. The average molecular weight is 360 g/mol. The van der Waals surface area contributed by atoms with Gasteiger partial charge in [0.25, 0.3) is 0 Å². The van der Waals surface area contributed by atoms with Gasteiger partial charge in [0.15, 0.2) is 0 Å². The van der Waals surface area contributed by atoms with Gasteiger partial charge in [0.1, 0.15) is 0 Å². The second kappa shape index (κ2) is 23.7. The number of hydrogen-bond acceptors (Lipinski definition) is 9. The summed E-state index contributed by atoms with van der Waals surface area (Å²) in [6.45, 7) is 0. The Kier molecular flexibility index (Phi) is 49.7. The van der Waals surface area contributed by atoms with Gasteiger partial charge in [-0.3, -0.25) is 0 Å². The van der Waals surface area contributed by atoms with E-state index in [1.165, 1.54) is 0 Å². The maximum absolute atomic E-state index is 8.52. The maximum atomic E-state index is 8.52. The van der Waals surface area contributed by atoms with Crippen molar-refractivity contribution < 1.29 is 68.4 Å². The van der Waals surface area contributed by atoms with Crippen molar-refractivity contribution in [3.05, 3.63) is 0 Å². The van der Waals surface area contributed by atoms with Gasteiger partial charge >= 0.3 is 63.9 Å². The first-order valence-corrected chi connectivity index (χ1v) is 5.51. The maximum Gasteiger partial charge on any atom is 4.00 e. The average Bonchev–Trinajstić information content (AvgIpc) is 1.54. The summed E-state index contributed by atoms with van der Waals surface area (Å²) in [4.78, 5) is 51.1. The van der Waals surface area contributed by atoms with Crippen LogP contribution in [-0.4, -0.2) is 65.2 Å². The van der Waals surface area contributed by atoms with Crippen LogP contribution >= 0.6 is 0 Å². The van der Waals surface area contributed by atoms with E-state index < -0.39 is 27.5 Å². The van der Waals surface area contributed by atoms with E-state index in [1.807, 2.05) is 0 Å². The fraction of sp³-hybridized carbons (Fsp3) is 0. The molecule has 0 aromatic heterocycles. The fourth-order valence-electron chi connectivity index (χ4n) is 0. The molecule has 0 rings (SSSR count). The zero-order chi connectivity index (χ0) is 10.7. The van der Waals surface area contributed by atoms with Crippen LogP contribution in [0.25, 0.3) is 0 Å². The molecule has 0 aromatic carbocycles. The molecule has 0 atom stereocenters. The van der Waals surface area contributed by atoms with E-state index in [1.54, 1.807) is 0 Å². The van der Waals surface area contributed by atoms with E-state index in [0.717, 1.165) is 0 Å². The van der Waals surface area contributed by atoms with Crippen LogP contribution in [0.1, 0.15) is 0 Å². The molecule has 0 aliphatic carbocycles. The fourth-order valence-corrected chi connectivity index (χ4v) is 0. The second-order valence-corrected chi connectivity index (χ2v) is 2.25. The first-order chi connectivity index (χ1) is 5.20. The van der Waals surface area contributed by atoms with Crippen LogP contribution in [0, 0.1) is 0 Å². The molecule has 0 spiro atoms. The molecule has 0 aromatic rings. The Morgan fingerprint density at radius 3 is 0.571 bits per heavy atom. The summed E-state index contributed by atoms with van der Waals surface area (Å²) in [5.41, 5.74) is 0. The molecule has 0 saturated heterocycles. The van der Waals surface area contributed by atoms with Crippen LogP contribution < -0.4 is 28.8 Å². The predicted molar refractivity (Wildman–Crippen MR) is 25.1 cm³/mol. The van der Waals surface area contributed by atoms with Gasteiger partial charge in [0.2, 0.25) is 0 Å². The summed E-state index contributed by atoms with van der Waals surface area (Å²) < 4.78 is 25.6. The van der Waals surface area contributed by atoms with Gasteiger partial charge in [-0.15, -0.1) is 0 Å². The number of hydrogen-bond donors (Lipinski definition) is 0. The summed E-state index contributed by atoms with van der Waals surface area (Å²) in [7, 11) is -10.9. The van der Waals surface area contributed by atoms with Crippen molar-refractivity contribution >= 4 is 65.2 Å². The van der Waals surface area contributed by atoms with Crippen LogP contribution in [0.5, 0.6) is 0 Å². The molecule has 0 fully saturated rings. The zero-order valence-corrected chi connectivity index (χ0v) is 14.0. The third-order valence-electron chi connectivity index (χ3n) is 0. The van der Waals surface area contributed by atoms with Gasteiger partial charge in [0.05, 0.1) is 0 Å². The second-order valence-electron chi connectivity index (χ2n) is 0.750. The Morgan fingerprint density at radius 2 is 0.571 bits per heavy atom. The van der Waals surface area contributed by atoms with Crippen LogP contribution in [0.3, 0.4) is 0 Å². The molecule has 72 valence electrons. The SMILES string of the molecule is O=[Si]([O-])[O-].O=[Si]([O-])[O-].O=[Si]([O-])[O-].[Ca+2].[Zr+4]. The molecule has 0 bridgehead atoms. The molecule has 0 N–H and O–H groups in total. The van der Waals surface area contributed by atoms with Crippen molar-refractivity contribution in [3.8, 4) is 0 Å². The van der Waals surface area contributed by atoms with Gasteiger partial charge in [-0.05, 0) is 0 Å². The largest absolute Gasteiger partial charge is 4.00 e. The first kappa shape index (κ1) is 29.4. The third kappa shape index (κ3) is 1890. The molecule has 9 nitrogen and oxygen atoms in total. The van der Waals surface area contributed by atoms with Crippen LogP contribution in [0.2, 0.25) is 0 Å². The minimum Gasteiger partial charge on any atom is -0.672 e. The quantitative estimate of drug-likeness (QED) is 0.378. The van der Waals surface area contributed by atoms with Crippen molar-refractivity contribution in [2.24, 2.45) is 0 Å². The van der Waals surface area contributed by atoms with Crippen LogP contribution in [-0.2, 0) is 39.6 Å². The normalized spacial score (nSPS) is 5.14. The molecule has 0 aliphatic rings. The number of rotatable bonds is 0. The van der Waals surface area contributed by atoms with Gasteiger partial charge in [-0.1, -0.05) is 0 Å². The van der Waals surface area contributed by atoms with E-state index in [2.05, 4.69) is 0 Å². The van der Waals surface area contributed by atoms with Crippen molar-refractivity contribution in [3.63, 3.8) is 0 Å². The molecular weight excluding hydrogens is 360 g/mol. The molecule has 0 amide bonds. The molecular formula is CaO9Si3Zr. The standard InChI is InChI=1S/Ca.3O3Si.Zr/c;3*1-4(2)3;/q+2;3*-2;+4. The van der Waals surface area contributed by atoms with E-state index in [4.69, 9.17) is 42.2 Å². The zero-order valence-electron chi connectivity index (χ0n) is 6.38. The summed E-state index contributed by atoms with van der Waals surface area (Å²) in [6.07, 6.45) is 0. The van der Waals surface area contributed by atoms with Crippen molar-refractivity contribution in [1.82, 2.24) is 0 Å². The van der Waals surface area contributed by atoms with E-state index in [-0.39, 0.29) is 63.9 Å². The van der Waals surface area contributed by atoms with Crippen LogP contribution in [0.4, 0.5) is 0 Å². The van der Waals surface area contributed by atoms with E-state index >= 15 is 0 Å². The van der Waals surface area contributed by atoms with Gasteiger partial charge in [-0.2, -0.15) is 0 Å². The van der Waals surface area contributed by atoms with E-state index in [9.17, 15) is 0 Å². The topological polar surface area (TPSA) is 190 Å². The molecule has 0 aliphatic heterocycles. The minimum atomic E-state index is -3.63. The Balaban J connectivity index is -0.0000000270. The minimum absolute atomic E-state index is 0. The molecule has 0 radical (unpaired) electrons. The van der Waals surface area contributed by atoms with Crippen molar-refractivity contribution in [2.75, 3.05) is 0 Å². The van der Waals surface area contributed by atoms with Crippen LogP contribution in [0.15, 0.2) is 0 Å². The summed E-state index contributed by atoms with van der Waals surface area (Å²) in [5, 5.41) is 0. The Labute approximate surface area is 132 Å². The predicted octanol–water partition coefficient (Wildman–Crippen LogP) is -9.02. The summed E-state index contributed by atoms with van der Waals surface area (Å²) in [5.74, 6) is 0. The molecule has 0 heterocycles. The van der Waals surface area contributed by atoms with Crippen molar-refractivity contribution in [2.45, 2.75) is 0 Å². The van der Waals surface area contributed by atoms with Gasteiger partial charge in [0, 0.05) is 27.5 Å². The van der Waals surface area contributed by atoms with E-state index in [0.29, 0.717) is 0 Å². The molecule has 14 heavy (non-hydrogen) atoms. The monoisotopic (exact) mass is 358 g/mol. The molecule has 14 heteroatoms. The summed E-state index contributed by atoms with van der Waals surface area (Å²) >= 11 is 0. The Bertz CT molecular complexity index is 118. The summed E-state index contributed by atoms with van der Waals surface area (Å²) in [6, 6.07) is 0. The van der Waals surface area contributed by atoms with Gasteiger partial charge < -0.3 is 42.2 Å². The van der Waals surface area contributed by atoms with Crippen molar-refractivity contribution in [1.29, 1.82) is 0 Å². The molecule has 0 saturated carbocycles. The Morgan fingerprint density at radius 1 is 0.571 bits per heavy atom. The smallest absolute Gasteiger partial charge is 0.672 e. The Hall–Kier alpha value is 0.994. The first-order valence-electron chi connectivity index (χ1n) is 1.84.